The summed E-state index contributed by atoms with van der Waals surface area (Å²) in [7, 11) is 1.80. The van der Waals surface area contributed by atoms with Crippen LogP contribution in [0.3, 0.4) is 0 Å². The zero-order valence-electron chi connectivity index (χ0n) is 11.1. The first kappa shape index (κ1) is 12.6. The Hall–Kier alpha value is -0.860. The van der Waals surface area contributed by atoms with Gasteiger partial charge in [-0.1, -0.05) is 31.2 Å². The summed E-state index contributed by atoms with van der Waals surface area (Å²) < 4.78 is 5.41. The monoisotopic (exact) mass is 233 g/mol. The molecule has 0 spiro atoms. The Balaban J connectivity index is 2.14. The Bertz CT molecular complexity index is 364. The second-order valence-electron chi connectivity index (χ2n) is 4.98. The summed E-state index contributed by atoms with van der Waals surface area (Å²) in [6, 6.07) is 9.32. The van der Waals surface area contributed by atoms with Gasteiger partial charge in [0.1, 0.15) is 0 Å². The fourth-order valence-electron chi connectivity index (χ4n) is 2.92. The fourth-order valence-corrected chi connectivity index (χ4v) is 2.92. The second kappa shape index (κ2) is 5.65. The molecule has 1 aromatic rings. The topological polar surface area (TPSA) is 21.3 Å². The predicted octanol–water partition coefficient (Wildman–Crippen LogP) is 2.93. The molecular formula is C15H23NO. The number of nitrogens with one attached hydrogen (secondary N) is 1. The minimum absolute atomic E-state index is 0.343. The molecule has 2 rings (SSSR count). The van der Waals surface area contributed by atoms with Crippen molar-refractivity contribution >= 4 is 0 Å². The highest BCUT2D eigenvalue weighted by atomic mass is 16.5. The predicted molar refractivity (Wildman–Crippen MR) is 71.1 cm³/mol. The van der Waals surface area contributed by atoms with Gasteiger partial charge in [0.15, 0.2) is 0 Å². The number of hydrogen-bond donors (Lipinski definition) is 1. The van der Waals surface area contributed by atoms with E-state index in [1.807, 2.05) is 0 Å². The maximum Gasteiger partial charge on any atom is 0.0546 e. The molecule has 0 saturated carbocycles. The third-order valence-electron chi connectivity index (χ3n) is 3.80. The average molecular weight is 233 g/mol. The highest BCUT2D eigenvalue weighted by Crippen LogP contribution is 2.38. The van der Waals surface area contributed by atoms with Crippen molar-refractivity contribution in [2.75, 3.05) is 13.7 Å². The highest BCUT2D eigenvalue weighted by molar-refractivity contribution is 5.35. The van der Waals surface area contributed by atoms with Gasteiger partial charge < -0.3 is 10.1 Å². The maximum absolute atomic E-state index is 5.41. The van der Waals surface area contributed by atoms with Crippen LogP contribution in [0.1, 0.15) is 37.4 Å². The van der Waals surface area contributed by atoms with Crippen LogP contribution in [0.2, 0.25) is 0 Å². The molecule has 1 aliphatic rings. The lowest BCUT2D eigenvalue weighted by molar-refractivity contribution is 0.0900. The van der Waals surface area contributed by atoms with E-state index in [9.17, 15) is 0 Å². The summed E-state index contributed by atoms with van der Waals surface area (Å²) in [6.07, 6.45) is 2.65. The molecule has 94 valence electrons. The van der Waals surface area contributed by atoms with Crippen molar-refractivity contribution in [2.45, 2.75) is 38.8 Å². The molecule has 1 aromatic carbocycles. The Labute approximate surface area is 104 Å². The van der Waals surface area contributed by atoms with Crippen LogP contribution in [0.15, 0.2) is 24.3 Å². The molecule has 0 saturated heterocycles. The van der Waals surface area contributed by atoms with E-state index in [-0.39, 0.29) is 0 Å². The Morgan fingerprint density at radius 1 is 1.41 bits per heavy atom. The summed E-state index contributed by atoms with van der Waals surface area (Å²) in [5.74, 6) is 0.669. The molecule has 3 unspecified atom stereocenters. The van der Waals surface area contributed by atoms with Gasteiger partial charge in [-0.05, 0) is 43.4 Å². The van der Waals surface area contributed by atoms with Gasteiger partial charge in [-0.3, -0.25) is 0 Å². The smallest absolute Gasteiger partial charge is 0.0546 e. The van der Waals surface area contributed by atoms with Gasteiger partial charge in [-0.2, -0.15) is 0 Å². The number of fused-ring (bicyclic) bond motifs is 1. The third-order valence-corrected chi connectivity index (χ3v) is 3.80. The molecule has 3 atom stereocenters. The van der Waals surface area contributed by atoms with E-state index in [0.29, 0.717) is 18.1 Å². The lowest BCUT2D eigenvalue weighted by Crippen LogP contribution is -2.27. The largest absolute Gasteiger partial charge is 0.382 e. The SMILES string of the molecule is CCNC1c2ccccc2CC1CC(C)OC. The fraction of sp³-hybridized carbons (Fsp3) is 0.600. The number of benzene rings is 1. The minimum atomic E-state index is 0.343. The molecule has 2 nitrogen and oxygen atoms in total. The van der Waals surface area contributed by atoms with Gasteiger partial charge in [-0.25, -0.2) is 0 Å². The summed E-state index contributed by atoms with van der Waals surface area (Å²) in [6.45, 7) is 5.36. The molecule has 0 heterocycles. The molecule has 0 amide bonds. The number of methoxy groups -OCH3 is 1. The van der Waals surface area contributed by atoms with E-state index in [1.54, 1.807) is 7.11 Å². The summed E-state index contributed by atoms with van der Waals surface area (Å²) >= 11 is 0. The number of hydrogen-bond acceptors (Lipinski definition) is 2. The van der Waals surface area contributed by atoms with Crippen molar-refractivity contribution in [1.82, 2.24) is 5.32 Å². The first-order valence-electron chi connectivity index (χ1n) is 6.60. The molecule has 0 aromatic heterocycles. The van der Waals surface area contributed by atoms with Crippen LogP contribution >= 0.6 is 0 Å². The van der Waals surface area contributed by atoms with Gasteiger partial charge in [0, 0.05) is 13.2 Å². The van der Waals surface area contributed by atoms with E-state index < -0.39 is 0 Å². The highest BCUT2D eigenvalue weighted by Gasteiger charge is 2.32. The molecule has 0 radical (unpaired) electrons. The molecule has 0 fully saturated rings. The van der Waals surface area contributed by atoms with Crippen molar-refractivity contribution in [1.29, 1.82) is 0 Å². The third kappa shape index (κ3) is 2.70. The standard InChI is InChI=1S/C15H23NO/c1-4-16-15-13(9-11(2)17-3)10-12-7-5-6-8-14(12)15/h5-8,11,13,15-16H,4,9-10H2,1-3H3. The minimum Gasteiger partial charge on any atom is -0.382 e. The van der Waals surface area contributed by atoms with Gasteiger partial charge in [-0.15, -0.1) is 0 Å². The van der Waals surface area contributed by atoms with Crippen molar-refractivity contribution in [3.05, 3.63) is 35.4 Å². The van der Waals surface area contributed by atoms with Gasteiger partial charge in [0.05, 0.1) is 6.10 Å². The van der Waals surface area contributed by atoms with Crippen LogP contribution in [0.4, 0.5) is 0 Å². The van der Waals surface area contributed by atoms with Crippen LogP contribution in [0, 0.1) is 5.92 Å². The number of ether oxygens (including phenoxy) is 1. The molecule has 1 aliphatic carbocycles. The summed E-state index contributed by atoms with van der Waals surface area (Å²) in [5, 5.41) is 3.62. The van der Waals surface area contributed by atoms with E-state index in [2.05, 4.69) is 43.4 Å². The van der Waals surface area contributed by atoms with Crippen LogP contribution < -0.4 is 5.32 Å². The maximum atomic E-state index is 5.41. The zero-order chi connectivity index (χ0) is 12.3. The van der Waals surface area contributed by atoms with Crippen molar-refractivity contribution in [3.8, 4) is 0 Å². The molecule has 17 heavy (non-hydrogen) atoms. The zero-order valence-corrected chi connectivity index (χ0v) is 11.1. The molecule has 1 N–H and O–H groups in total. The molecule has 0 aliphatic heterocycles. The molecule has 0 bridgehead atoms. The Morgan fingerprint density at radius 2 is 2.18 bits per heavy atom. The molecule has 2 heteroatoms. The van der Waals surface area contributed by atoms with Gasteiger partial charge in [0.25, 0.3) is 0 Å². The van der Waals surface area contributed by atoms with Crippen molar-refractivity contribution in [3.63, 3.8) is 0 Å². The normalized spacial score (nSPS) is 24.6. The van der Waals surface area contributed by atoms with Crippen LogP contribution in [-0.2, 0) is 11.2 Å². The summed E-state index contributed by atoms with van der Waals surface area (Å²) in [5.41, 5.74) is 2.99. The quantitative estimate of drug-likeness (QED) is 0.844. The van der Waals surface area contributed by atoms with Crippen LogP contribution in [0.5, 0.6) is 0 Å². The lowest BCUT2D eigenvalue weighted by atomic mass is 9.94. The molecular weight excluding hydrogens is 210 g/mol. The van der Waals surface area contributed by atoms with E-state index in [1.165, 1.54) is 17.5 Å². The Kier molecular flexibility index (Phi) is 4.19. The van der Waals surface area contributed by atoms with Crippen molar-refractivity contribution < 1.29 is 4.74 Å². The van der Waals surface area contributed by atoms with Crippen molar-refractivity contribution in [2.24, 2.45) is 5.92 Å². The van der Waals surface area contributed by atoms with E-state index >= 15 is 0 Å². The number of rotatable bonds is 5. The lowest BCUT2D eigenvalue weighted by Gasteiger charge is -2.23. The second-order valence-corrected chi connectivity index (χ2v) is 4.98. The van der Waals surface area contributed by atoms with Gasteiger partial charge in [0.2, 0.25) is 0 Å². The van der Waals surface area contributed by atoms with E-state index in [0.717, 1.165) is 13.0 Å². The van der Waals surface area contributed by atoms with Crippen LogP contribution in [0.25, 0.3) is 0 Å². The van der Waals surface area contributed by atoms with Crippen LogP contribution in [-0.4, -0.2) is 19.8 Å². The average Bonchev–Trinajstić information content (AvgIpc) is 2.68. The Morgan fingerprint density at radius 3 is 2.88 bits per heavy atom. The first-order chi connectivity index (χ1) is 8.26. The first-order valence-corrected chi connectivity index (χ1v) is 6.60. The summed E-state index contributed by atoms with van der Waals surface area (Å²) in [4.78, 5) is 0. The van der Waals surface area contributed by atoms with E-state index in [4.69, 9.17) is 4.74 Å². The van der Waals surface area contributed by atoms with Gasteiger partial charge >= 0.3 is 0 Å².